The lowest BCUT2D eigenvalue weighted by molar-refractivity contribution is -0.141. The van der Waals surface area contributed by atoms with Gasteiger partial charge in [-0.3, -0.25) is 4.79 Å². The fraction of sp³-hybridized carbons (Fsp3) is 0.316. The molecule has 0 radical (unpaired) electrons. The quantitative estimate of drug-likeness (QED) is 0.854. The van der Waals surface area contributed by atoms with Crippen LogP contribution in [0.5, 0.6) is 11.5 Å². The predicted molar refractivity (Wildman–Crippen MR) is 88.4 cm³/mol. The second-order valence-electron chi connectivity index (χ2n) is 6.16. The van der Waals surface area contributed by atoms with Crippen LogP contribution in [0, 0.1) is 0 Å². The molecular weight excluding hydrogens is 308 g/mol. The first-order valence-electron chi connectivity index (χ1n) is 7.81. The van der Waals surface area contributed by atoms with E-state index in [0.717, 1.165) is 0 Å². The molecule has 0 bridgehead atoms. The van der Waals surface area contributed by atoms with E-state index in [0.29, 0.717) is 30.1 Å². The van der Waals surface area contributed by atoms with E-state index in [9.17, 15) is 9.90 Å². The third-order valence-corrected chi connectivity index (χ3v) is 3.75. The number of carbonyl (C=O) groups is 1. The maximum absolute atomic E-state index is 12.3. The lowest BCUT2D eigenvalue weighted by Gasteiger charge is -2.17. The minimum Gasteiger partial charge on any atom is -0.508 e. The lowest BCUT2D eigenvalue weighted by atomic mass is 10.0. The van der Waals surface area contributed by atoms with Gasteiger partial charge in [0, 0.05) is 11.1 Å². The van der Waals surface area contributed by atoms with Crippen molar-refractivity contribution in [3.05, 3.63) is 59.7 Å². The van der Waals surface area contributed by atoms with Gasteiger partial charge in [-0.2, -0.15) is 0 Å². The Kier molecular flexibility index (Phi) is 4.55. The minimum absolute atomic E-state index is 0.0988. The number of benzene rings is 2. The lowest BCUT2D eigenvalue weighted by Crippen LogP contribution is -2.25. The minimum atomic E-state index is -0.561. The van der Waals surface area contributed by atoms with Crippen molar-refractivity contribution in [2.24, 2.45) is 0 Å². The molecule has 0 spiro atoms. The largest absolute Gasteiger partial charge is 0.508 e. The SMILES string of the molecule is CC1(C)OCC(COc2ccc(C(=O)c3ccc(O)cc3)cc2)O1. The van der Waals surface area contributed by atoms with Crippen LogP contribution in [0.3, 0.4) is 0 Å². The molecule has 1 unspecified atom stereocenters. The van der Waals surface area contributed by atoms with Crippen molar-refractivity contribution in [1.82, 2.24) is 0 Å². The summed E-state index contributed by atoms with van der Waals surface area (Å²) in [4.78, 5) is 12.3. The van der Waals surface area contributed by atoms with Gasteiger partial charge in [-0.15, -0.1) is 0 Å². The molecule has 5 nitrogen and oxygen atoms in total. The van der Waals surface area contributed by atoms with Gasteiger partial charge in [0.25, 0.3) is 0 Å². The first-order valence-corrected chi connectivity index (χ1v) is 7.81. The Morgan fingerprint density at radius 3 is 2.25 bits per heavy atom. The maximum atomic E-state index is 12.3. The number of ketones is 1. The van der Waals surface area contributed by atoms with E-state index in [1.54, 1.807) is 36.4 Å². The van der Waals surface area contributed by atoms with Gasteiger partial charge in [-0.1, -0.05) is 0 Å². The molecule has 1 fully saturated rings. The van der Waals surface area contributed by atoms with Gasteiger partial charge < -0.3 is 19.3 Å². The average Bonchev–Trinajstić information content (AvgIpc) is 2.93. The van der Waals surface area contributed by atoms with Gasteiger partial charge in [0.15, 0.2) is 11.6 Å². The molecule has 24 heavy (non-hydrogen) atoms. The van der Waals surface area contributed by atoms with Crippen LogP contribution in [-0.2, 0) is 9.47 Å². The Morgan fingerprint density at radius 1 is 1.12 bits per heavy atom. The summed E-state index contributed by atoms with van der Waals surface area (Å²) in [6.45, 7) is 4.65. The second kappa shape index (κ2) is 6.63. The van der Waals surface area contributed by atoms with Gasteiger partial charge in [0.05, 0.1) is 6.61 Å². The van der Waals surface area contributed by atoms with E-state index in [1.165, 1.54) is 12.1 Å². The summed E-state index contributed by atoms with van der Waals surface area (Å²) in [6, 6.07) is 13.2. The van der Waals surface area contributed by atoms with Crippen LogP contribution < -0.4 is 4.74 Å². The highest BCUT2D eigenvalue weighted by Gasteiger charge is 2.32. The van der Waals surface area contributed by atoms with Crippen LogP contribution in [0.2, 0.25) is 0 Å². The Balaban J connectivity index is 1.59. The molecule has 0 amide bonds. The van der Waals surface area contributed by atoms with E-state index in [2.05, 4.69) is 0 Å². The number of phenols is 1. The summed E-state index contributed by atoms with van der Waals surface area (Å²) in [6.07, 6.45) is -0.0988. The zero-order chi connectivity index (χ0) is 17.2. The van der Waals surface area contributed by atoms with Crippen LogP contribution in [0.1, 0.15) is 29.8 Å². The molecule has 1 heterocycles. The molecule has 3 rings (SSSR count). The van der Waals surface area contributed by atoms with Gasteiger partial charge in [0.1, 0.15) is 24.2 Å². The highest BCUT2D eigenvalue weighted by atomic mass is 16.7. The molecule has 0 aromatic heterocycles. The van der Waals surface area contributed by atoms with Crippen LogP contribution >= 0.6 is 0 Å². The van der Waals surface area contributed by atoms with Crippen LogP contribution in [-0.4, -0.2) is 36.0 Å². The van der Waals surface area contributed by atoms with E-state index in [4.69, 9.17) is 14.2 Å². The Morgan fingerprint density at radius 2 is 1.71 bits per heavy atom. The number of phenolic OH excluding ortho intramolecular Hbond substituents is 1. The number of rotatable bonds is 5. The topological polar surface area (TPSA) is 65.0 Å². The van der Waals surface area contributed by atoms with Gasteiger partial charge >= 0.3 is 0 Å². The smallest absolute Gasteiger partial charge is 0.193 e. The number of carbonyl (C=O) groups excluding carboxylic acids is 1. The molecular formula is C19H20O5. The molecule has 1 saturated heterocycles. The normalized spacial score (nSPS) is 19.2. The second-order valence-corrected chi connectivity index (χ2v) is 6.16. The third kappa shape index (κ3) is 3.93. The van der Waals surface area contributed by atoms with Crippen LogP contribution in [0.25, 0.3) is 0 Å². The molecule has 2 aromatic carbocycles. The van der Waals surface area contributed by atoms with Crippen LogP contribution in [0.4, 0.5) is 0 Å². The Hall–Kier alpha value is -2.37. The molecule has 0 saturated carbocycles. The zero-order valence-electron chi connectivity index (χ0n) is 13.7. The molecule has 0 aliphatic carbocycles. The number of hydrogen-bond acceptors (Lipinski definition) is 5. The predicted octanol–water partition coefficient (Wildman–Crippen LogP) is 3.15. The molecule has 1 atom stereocenters. The molecule has 1 aliphatic heterocycles. The van der Waals surface area contributed by atoms with Crippen molar-refractivity contribution in [2.45, 2.75) is 25.7 Å². The fourth-order valence-electron chi connectivity index (χ4n) is 2.52. The van der Waals surface area contributed by atoms with Crippen molar-refractivity contribution >= 4 is 5.78 Å². The summed E-state index contributed by atoms with van der Waals surface area (Å²) in [5.74, 6) is 0.145. The molecule has 1 aliphatic rings. The molecule has 2 aromatic rings. The van der Waals surface area contributed by atoms with Crippen molar-refractivity contribution < 1.29 is 24.1 Å². The van der Waals surface area contributed by atoms with Crippen molar-refractivity contribution in [3.8, 4) is 11.5 Å². The van der Waals surface area contributed by atoms with Crippen LogP contribution in [0.15, 0.2) is 48.5 Å². The van der Waals surface area contributed by atoms with Gasteiger partial charge in [-0.05, 0) is 62.4 Å². The summed E-state index contributed by atoms with van der Waals surface area (Å²) in [5.41, 5.74) is 1.09. The summed E-state index contributed by atoms with van der Waals surface area (Å²) < 4.78 is 16.9. The highest BCUT2D eigenvalue weighted by Crippen LogP contribution is 2.23. The Labute approximate surface area is 140 Å². The number of ether oxygens (including phenoxy) is 3. The third-order valence-electron chi connectivity index (χ3n) is 3.75. The van der Waals surface area contributed by atoms with E-state index in [-0.39, 0.29) is 17.6 Å². The molecule has 126 valence electrons. The summed E-state index contributed by atoms with van der Waals surface area (Å²) in [7, 11) is 0. The van der Waals surface area contributed by atoms with Gasteiger partial charge in [0.2, 0.25) is 0 Å². The Bertz CT molecular complexity index is 704. The molecule has 5 heteroatoms. The first-order chi connectivity index (χ1) is 11.4. The summed E-state index contributed by atoms with van der Waals surface area (Å²) >= 11 is 0. The first kappa shape index (κ1) is 16.5. The van der Waals surface area contributed by atoms with Gasteiger partial charge in [-0.25, -0.2) is 0 Å². The fourth-order valence-corrected chi connectivity index (χ4v) is 2.52. The van der Waals surface area contributed by atoms with Crippen molar-refractivity contribution in [3.63, 3.8) is 0 Å². The van der Waals surface area contributed by atoms with E-state index < -0.39 is 5.79 Å². The van der Waals surface area contributed by atoms with E-state index >= 15 is 0 Å². The van der Waals surface area contributed by atoms with E-state index in [1.807, 2.05) is 13.8 Å². The van der Waals surface area contributed by atoms with Crippen molar-refractivity contribution in [2.75, 3.05) is 13.2 Å². The zero-order valence-corrected chi connectivity index (χ0v) is 13.7. The average molecular weight is 328 g/mol. The maximum Gasteiger partial charge on any atom is 0.193 e. The monoisotopic (exact) mass is 328 g/mol. The summed E-state index contributed by atoms with van der Waals surface area (Å²) in [5, 5.41) is 9.28. The van der Waals surface area contributed by atoms with Crippen molar-refractivity contribution in [1.29, 1.82) is 0 Å². The molecule has 1 N–H and O–H groups in total. The standard InChI is InChI=1S/C19H20O5/c1-19(2)23-12-17(24-19)11-22-16-9-5-14(6-10-16)18(21)13-3-7-15(20)8-4-13/h3-10,17,20H,11-12H2,1-2H3. The highest BCUT2D eigenvalue weighted by molar-refractivity contribution is 6.09. The number of aromatic hydroxyl groups is 1. The number of hydrogen-bond donors (Lipinski definition) is 1.